The minimum atomic E-state index is -0.396. The lowest BCUT2D eigenvalue weighted by molar-refractivity contribution is -0.149. The first-order valence-electron chi connectivity index (χ1n) is 8.33. The van der Waals surface area contributed by atoms with E-state index < -0.39 is 5.97 Å². The SMILES string of the molecule is CCOC(=O)CN(C(=O)C1=NN(C)C(=O)CC1)C1CCCCC1. The Hall–Kier alpha value is -1.92. The minimum Gasteiger partial charge on any atom is -0.465 e. The summed E-state index contributed by atoms with van der Waals surface area (Å²) < 4.78 is 5.00. The zero-order valence-electron chi connectivity index (χ0n) is 13.9. The molecule has 0 unspecified atom stereocenters. The predicted octanol–water partition coefficient (Wildman–Crippen LogP) is 1.32. The smallest absolute Gasteiger partial charge is 0.325 e. The lowest BCUT2D eigenvalue weighted by atomic mass is 9.93. The van der Waals surface area contributed by atoms with Crippen LogP contribution in [0.15, 0.2) is 5.10 Å². The molecule has 0 aromatic heterocycles. The Balaban J connectivity index is 2.14. The van der Waals surface area contributed by atoms with Gasteiger partial charge in [-0.15, -0.1) is 0 Å². The molecule has 7 heteroatoms. The van der Waals surface area contributed by atoms with Crippen LogP contribution in [0.1, 0.15) is 51.9 Å². The van der Waals surface area contributed by atoms with Gasteiger partial charge in [0.15, 0.2) is 0 Å². The second-order valence-corrected chi connectivity index (χ2v) is 5.99. The first kappa shape index (κ1) is 17.4. The molecule has 0 radical (unpaired) electrons. The van der Waals surface area contributed by atoms with E-state index in [4.69, 9.17) is 4.74 Å². The van der Waals surface area contributed by atoms with Crippen molar-refractivity contribution in [2.24, 2.45) is 5.10 Å². The number of nitrogens with zero attached hydrogens (tertiary/aromatic N) is 3. The highest BCUT2D eigenvalue weighted by Gasteiger charge is 2.32. The van der Waals surface area contributed by atoms with Crippen LogP contribution >= 0.6 is 0 Å². The molecule has 7 nitrogen and oxygen atoms in total. The van der Waals surface area contributed by atoms with Crippen LogP contribution in [-0.4, -0.2) is 59.6 Å². The van der Waals surface area contributed by atoms with Crippen LogP contribution in [0, 0.1) is 0 Å². The Morgan fingerprint density at radius 1 is 1.26 bits per heavy atom. The molecule has 0 atom stereocenters. The molecule has 0 aromatic rings. The average molecular weight is 323 g/mol. The van der Waals surface area contributed by atoms with Crippen LogP contribution in [0.5, 0.6) is 0 Å². The van der Waals surface area contributed by atoms with Gasteiger partial charge >= 0.3 is 5.97 Å². The summed E-state index contributed by atoms with van der Waals surface area (Å²) in [6.07, 6.45) is 5.67. The van der Waals surface area contributed by atoms with Crippen molar-refractivity contribution in [3.05, 3.63) is 0 Å². The lowest BCUT2D eigenvalue weighted by Gasteiger charge is -2.34. The number of ether oxygens (including phenoxy) is 1. The van der Waals surface area contributed by atoms with Gasteiger partial charge in [-0.05, 0) is 19.8 Å². The van der Waals surface area contributed by atoms with E-state index in [0.29, 0.717) is 18.7 Å². The van der Waals surface area contributed by atoms with Gasteiger partial charge in [-0.25, -0.2) is 5.01 Å². The zero-order chi connectivity index (χ0) is 16.8. The molecule has 128 valence electrons. The van der Waals surface area contributed by atoms with Gasteiger partial charge in [0.25, 0.3) is 5.91 Å². The maximum absolute atomic E-state index is 12.8. The van der Waals surface area contributed by atoms with E-state index in [0.717, 1.165) is 32.1 Å². The van der Waals surface area contributed by atoms with Crippen LogP contribution in [-0.2, 0) is 19.1 Å². The van der Waals surface area contributed by atoms with Crippen molar-refractivity contribution in [1.82, 2.24) is 9.91 Å². The van der Waals surface area contributed by atoms with Crippen LogP contribution < -0.4 is 0 Å². The highest BCUT2D eigenvalue weighted by molar-refractivity contribution is 6.39. The van der Waals surface area contributed by atoms with E-state index in [1.54, 1.807) is 18.9 Å². The highest BCUT2D eigenvalue weighted by atomic mass is 16.5. The third-order valence-corrected chi connectivity index (χ3v) is 4.34. The minimum absolute atomic E-state index is 0.0475. The molecule has 1 heterocycles. The maximum Gasteiger partial charge on any atom is 0.325 e. The zero-order valence-corrected chi connectivity index (χ0v) is 13.9. The highest BCUT2D eigenvalue weighted by Crippen LogP contribution is 2.24. The second kappa shape index (κ2) is 8.08. The number of carbonyl (C=O) groups excluding carboxylic acids is 3. The van der Waals surface area contributed by atoms with Crippen LogP contribution in [0.2, 0.25) is 0 Å². The van der Waals surface area contributed by atoms with Crippen LogP contribution in [0.4, 0.5) is 0 Å². The number of carbonyl (C=O) groups is 3. The summed E-state index contributed by atoms with van der Waals surface area (Å²) in [5.74, 6) is -0.743. The molecule has 0 bridgehead atoms. The predicted molar refractivity (Wildman–Crippen MR) is 84.7 cm³/mol. The van der Waals surface area contributed by atoms with Gasteiger partial charge in [0.2, 0.25) is 5.91 Å². The molecule has 1 saturated carbocycles. The number of hydrogen-bond acceptors (Lipinski definition) is 5. The third kappa shape index (κ3) is 4.53. The first-order valence-corrected chi connectivity index (χ1v) is 8.33. The van der Waals surface area contributed by atoms with Gasteiger partial charge in [0.1, 0.15) is 12.3 Å². The van der Waals surface area contributed by atoms with Crippen molar-refractivity contribution in [2.45, 2.75) is 57.9 Å². The van der Waals surface area contributed by atoms with Gasteiger partial charge in [-0.2, -0.15) is 5.10 Å². The Kier molecular flexibility index (Phi) is 6.12. The van der Waals surface area contributed by atoms with Crippen molar-refractivity contribution >= 4 is 23.5 Å². The summed E-state index contributed by atoms with van der Waals surface area (Å²) in [7, 11) is 1.55. The molecule has 0 N–H and O–H groups in total. The van der Waals surface area contributed by atoms with E-state index in [-0.39, 0.29) is 30.8 Å². The largest absolute Gasteiger partial charge is 0.465 e. The lowest BCUT2D eigenvalue weighted by Crippen LogP contribution is -2.49. The monoisotopic (exact) mass is 323 g/mol. The fourth-order valence-corrected chi connectivity index (χ4v) is 3.09. The number of esters is 1. The third-order valence-electron chi connectivity index (χ3n) is 4.34. The molecule has 2 aliphatic rings. The summed E-state index contributed by atoms with van der Waals surface area (Å²) in [6, 6.07) is 0.0475. The van der Waals surface area contributed by atoms with Crippen molar-refractivity contribution in [2.75, 3.05) is 20.2 Å². The molecule has 0 spiro atoms. The van der Waals surface area contributed by atoms with Crippen LogP contribution in [0.25, 0.3) is 0 Å². The summed E-state index contributed by atoms with van der Waals surface area (Å²) >= 11 is 0. The molecule has 23 heavy (non-hydrogen) atoms. The Morgan fingerprint density at radius 3 is 2.57 bits per heavy atom. The van der Waals surface area contributed by atoms with E-state index in [1.165, 1.54) is 5.01 Å². The normalized spacial score (nSPS) is 19.3. The molecule has 1 fully saturated rings. The van der Waals surface area contributed by atoms with Gasteiger partial charge < -0.3 is 9.64 Å². The molecule has 2 amide bonds. The Labute approximate surface area is 136 Å². The number of amides is 2. The molecule has 0 saturated heterocycles. The average Bonchev–Trinajstić information content (AvgIpc) is 2.55. The van der Waals surface area contributed by atoms with Crippen molar-refractivity contribution in [3.63, 3.8) is 0 Å². The molecular formula is C16H25N3O4. The van der Waals surface area contributed by atoms with Crippen LogP contribution in [0.3, 0.4) is 0 Å². The molecular weight excluding hydrogens is 298 g/mol. The van der Waals surface area contributed by atoms with E-state index >= 15 is 0 Å². The van der Waals surface area contributed by atoms with Gasteiger partial charge in [0.05, 0.1) is 6.61 Å². The fraction of sp³-hybridized carbons (Fsp3) is 0.750. The molecule has 1 aliphatic heterocycles. The number of hydrazone groups is 1. The van der Waals surface area contributed by atoms with Crippen molar-refractivity contribution in [3.8, 4) is 0 Å². The Morgan fingerprint density at radius 2 is 1.96 bits per heavy atom. The molecule has 2 rings (SSSR count). The van der Waals surface area contributed by atoms with Gasteiger partial charge in [-0.1, -0.05) is 19.3 Å². The maximum atomic E-state index is 12.8. The Bertz CT molecular complexity index is 498. The number of hydrogen-bond donors (Lipinski definition) is 0. The molecule has 1 aliphatic carbocycles. The van der Waals surface area contributed by atoms with E-state index in [9.17, 15) is 14.4 Å². The number of rotatable bonds is 5. The topological polar surface area (TPSA) is 79.3 Å². The standard InChI is InChI=1S/C16H25N3O4/c1-3-23-15(21)11-19(12-7-5-4-6-8-12)16(22)13-9-10-14(20)18(2)17-13/h12H,3-11H2,1-2H3. The fourth-order valence-electron chi connectivity index (χ4n) is 3.09. The quantitative estimate of drug-likeness (QED) is 0.715. The second-order valence-electron chi connectivity index (χ2n) is 5.99. The van der Waals surface area contributed by atoms with Gasteiger partial charge in [-0.3, -0.25) is 14.4 Å². The van der Waals surface area contributed by atoms with Gasteiger partial charge in [0, 0.05) is 25.9 Å². The summed E-state index contributed by atoms with van der Waals surface area (Å²) in [5.41, 5.74) is 0.349. The van der Waals surface area contributed by atoms with E-state index in [1.807, 2.05) is 0 Å². The summed E-state index contributed by atoms with van der Waals surface area (Å²) in [4.78, 5) is 37.8. The molecule has 0 aromatic carbocycles. The van der Waals surface area contributed by atoms with E-state index in [2.05, 4.69) is 5.10 Å². The summed E-state index contributed by atoms with van der Waals surface area (Å²) in [6.45, 7) is 1.99. The summed E-state index contributed by atoms with van der Waals surface area (Å²) in [5, 5.41) is 5.30. The first-order chi connectivity index (χ1) is 11.0. The van der Waals surface area contributed by atoms with Crippen molar-refractivity contribution in [1.29, 1.82) is 0 Å². The van der Waals surface area contributed by atoms with Crippen molar-refractivity contribution < 1.29 is 19.1 Å².